The van der Waals surface area contributed by atoms with Crippen LogP contribution in [0.15, 0.2) is 24.3 Å². The number of carbonyl (C=O) groups excluding carboxylic acids is 1. The first-order valence-corrected chi connectivity index (χ1v) is 10.4. The van der Waals surface area contributed by atoms with E-state index in [1.807, 2.05) is 4.90 Å². The fourth-order valence-corrected chi connectivity index (χ4v) is 4.70. The second kappa shape index (κ2) is 8.35. The van der Waals surface area contributed by atoms with E-state index in [1.54, 1.807) is 7.11 Å². The summed E-state index contributed by atoms with van der Waals surface area (Å²) < 4.78 is 9.42. The second-order valence-corrected chi connectivity index (χ2v) is 8.13. The SMILES string of the molecule is COCc1nsc(N2CCC(CC(=O)N3CCc4ccccc4C3)CC2)n1. The highest BCUT2D eigenvalue weighted by Crippen LogP contribution is 2.28. The van der Waals surface area contributed by atoms with Crippen molar-refractivity contribution in [3.05, 3.63) is 41.2 Å². The molecule has 2 aliphatic heterocycles. The number of hydrogen-bond donors (Lipinski definition) is 0. The van der Waals surface area contributed by atoms with Gasteiger partial charge in [-0.2, -0.15) is 4.37 Å². The van der Waals surface area contributed by atoms with Crippen molar-refractivity contribution in [2.45, 2.75) is 38.8 Å². The molecule has 0 radical (unpaired) electrons. The lowest BCUT2D eigenvalue weighted by atomic mass is 9.92. The molecule has 6 nitrogen and oxygen atoms in total. The van der Waals surface area contributed by atoms with E-state index >= 15 is 0 Å². The molecule has 0 saturated carbocycles. The standard InChI is InChI=1S/C20H26N4O2S/c1-26-14-18-21-20(27-22-18)23-9-6-15(7-10-23)12-19(25)24-11-8-16-4-2-3-5-17(16)13-24/h2-5,15H,6-14H2,1H3. The fourth-order valence-electron chi connectivity index (χ4n) is 3.97. The van der Waals surface area contributed by atoms with Gasteiger partial charge in [0.2, 0.25) is 11.0 Å². The Kier molecular flexibility index (Phi) is 5.69. The third-order valence-electron chi connectivity index (χ3n) is 5.56. The Bertz CT molecular complexity index is 786. The van der Waals surface area contributed by atoms with Gasteiger partial charge >= 0.3 is 0 Å². The van der Waals surface area contributed by atoms with Crippen LogP contribution in [0.1, 0.15) is 36.2 Å². The van der Waals surface area contributed by atoms with Crippen LogP contribution < -0.4 is 4.90 Å². The molecule has 1 fully saturated rings. The van der Waals surface area contributed by atoms with Crippen molar-refractivity contribution < 1.29 is 9.53 Å². The van der Waals surface area contributed by atoms with E-state index in [9.17, 15) is 4.79 Å². The number of nitrogens with zero attached hydrogens (tertiary/aromatic N) is 4. The Hall–Kier alpha value is -1.99. The number of piperidine rings is 1. The quantitative estimate of drug-likeness (QED) is 0.791. The minimum absolute atomic E-state index is 0.307. The van der Waals surface area contributed by atoms with Crippen LogP contribution in [0, 0.1) is 5.92 Å². The topological polar surface area (TPSA) is 58.6 Å². The van der Waals surface area contributed by atoms with Crippen LogP contribution in [0.5, 0.6) is 0 Å². The van der Waals surface area contributed by atoms with Gasteiger partial charge in [-0.05, 0) is 36.3 Å². The largest absolute Gasteiger partial charge is 0.377 e. The molecule has 1 aromatic carbocycles. The third-order valence-corrected chi connectivity index (χ3v) is 6.38. The smallest absolute Gasteiger partial charge is 0.223 e. The number of rotatable bonds is 5. The van der Waals surface area contributed by atoms with Crippen LogP contribution in [0.3, 0.4) is 0 Å². The summed E-state index contributed by atoms with van der Waals surface area (Å²) in [6.07, 6.45) is 3.72. The highest BCUT2D eigenvalue weighted by atomic mass is 32.1. The zero-order valence-corrected chi connectivity index (χ0v) is 16.6. The number of amides is 1. The maximum absolute atomic E-state index is 12.8. The minimum atomic E-state index is 0.307. The van der Waals surface area contributed by atoms with Gasteiger partial charge in [0.25, 0.3) is 0 Å². The van der Waals surface area contributed by atoms with Gasteiger partial charge in [-0.3, -0.25) is 4.79 Å². The zero-order valence-electron chi connectivity index (χ0n) is 15.8. The summed E-state index contributed by atoms with van der Waals surface area (Å²) >= 11 is 1.44. The Morgan fingerprint density at radius 1 is 1.22 bits per heavy atom. The molecule has 1 aromatic heterocycles. The number of ether oxygens (including phenoxy) is 1. The lowest BCUT2D eigenvalue weighted by Gasteiger charge is -2.34. The number of aromatic nitrogens is 2. The Morgan fingerprint density at radius 3 is 2.78 bits per heavy atom. The second-order valence-electron chi connectivity index (χ2n) is 7.39. The maximum Gasteiger partial charge on any atom is 0.223 e. The Balaban J connectivity index is 1.27. The molecular weight excluding hydrogens is 360 g/mol. The van der Waals surface area contributed by atoms with Gasteiger partial charge < -0.3 is 14.5 Å². The number of fused-ring (bicyclic) bond motifs is 1. The highest BCUT2D eigenvalue weighted by molar-refractivity contribution is 7.09. The molecule has 2 aromatic rings. The fraction of sp³-hybridized carbons (Fsp3) is 0.550. The predicted octanol–water partition coefficient (Wildman–Crippen LogP) is 2.88. The number of benzene rings is 1. The molecule has 0 aliphatic carbocycles. The molecule has 144 valence electrons. The van der Waals surface area contributed by atoms with Crippen molar-refractivity contribution in [2.24, 2.45) is 5.92 Å². The van der Waals surface area contributed by atoms with Crippen molar-refractivity contribution in [1.29, 1.82) is 0 Å². The molecule has 1 saturated heterocycles. The van der Waals surface area contributed by atoms with Gasteiger partial charge in [-0.15, -0.1) is 0 Å². The van der Waals surface area contributed by atoms with Crippen LogP contribution >= 0.6 is 11.5 Å². The predicted molar refractivity (Wildman–Crippen MR) is 106 cm³/mol. The number of carbonyl (C=O) groups is 1. The third kappa shape index (κ3) is 4.30. The van der Waals surface area contributed by atoms with E-state index < -0.39 is 0 Å². The molecule has 3 heterocycles. The molecule has 27 heavy (non-hydrogen) atoms. The summed E-state index contributed by atoms with van der Waals surface area (Å²) in [7, 11) is 1.66. The Morgan fingerprint density at radius 2 is 2.00 bits per heavy atom. The van der Waals surface area contributed by atoms with Crippen molar-refractivity contribution in [2.75, 3.05) is 31.6 Å². The molecule has 0 unspecified atom stereocenters. The number of methoxy groups -OCH3 is 1. The van der Waals surface area contributed by atoms with Gasteiger partial charge in [0, 0.05) is 51.2 Å². The molecule has 4 rings (SSSR count). The molecule has 0 bridgehead atoms. The molecule has 1 amide bonds. The van der Waals surface area contributed by atoms with E-state index in [0.717, 1.165) is 56.4 Å². The summed E-state index contributed by atoms with van der Waals surface area (Å²) in [5.41, 5.74) is 2.69. The monoisotopic (exact) mass is 386 g/mol. The average molecular weight is 387 g/mol. The van der Waals surface area contributed by atoms with Crippen molar-refractivity contribution in [3.63, 3.8) is 0 Å². The first kappa shape index (κ1) is 18.4. The van der Waals surface area contributed by atoms with Gasteiger partial charge in [0.1, 0.15) is 6.61 Å². The maximum atomic E-state index is 12.8. The molecule has 2 aliphatic rings. The van der Waals surface area contributed by atoms with Gasteiger partial charge in [0.05, 0.1) is 0 Å². The lowest BCUT2D eigenvalue weighted by molar-refractivity contribution is -0.133. The van der Waals surface area contributed by atoms with Crippen LogP contribution in [0.4, 0.5) is 5.13 Å². The lowest BCUT2D eigenvalue weighted by Crippen LogP contribution is -2.39. The van der Waals surface area contributed by atoms with Gasteiger partial charge in [0.15, 0.2) is 5.82 Å². The number of anilines is 1. The summed E-state index contributed by atoms with van der Waals surface area (Å²) in [5.74, 6) is 1.53. The van der Waals surface area contributed by atoms with E-state index in [2.05, 4.69) is 38.5 Å². The first-order chi connectivity index (χ1) is 13.2. The number of hydrogen-bond acceptors (Lipinski definition) is 6. The van der Waals surface area contributed by atoms with Crippen LogP contribution in [0.25, 0.3) is 0 Å². The molecule has 7 heteroatoms. The van der Waals surface area contributed by atoms with E-state index in [1.165, 1.54) is 22.7 Å². The molecule has 0 N–H and O–H groups in total. The zero-order chi connectivity index (χ0) is 18.6. The summed E-state index contributed by atoms with van der Waals surface area (Å²) in [4.78, 5) is 21.6. The summed E-state index contributed by atoms with van der Waals surface area (Å²) in [6.45, 7) is 3.97. The summed E-state index contributed by atoms with van der Waals surface area (Å²) in [6, 6.07) is 8.47. The van der Waals surface area contributed by atoms with E-state index in [-0.39, 0.29) is 0 Å². The summed E-state index contributed by atoms with van der Waals surface area (Å²) in [5, 5.41) is 0.972. The van der Waals surface area contributed by atoms with Crippen LogP contribution in [-0.2, 0) is 29.1 Å². The minimum Gasteiger partial charge on any atom is -0.377 e. The molecular formula is C20H26N4O2S. The highest BCUT2D eigenvalue weighted by Gasteiger charge is 2.27. The van der Waals surface area contributed by atoms with Crippen molar-refractivity contribution >= 4 is 22.6 Å². The average Bonchev–Trinajstić information content (AvgIpc) is 3.17. The van der Waals surface area contributed by atoms with Gasteiger partial charge in [-0.25, -0.2) is 4.98 Å². The molecule has 0 atom stereocenters. The first-order valence-electron chi connectivity index (χ1n) is 9.64. The molecule has 0 spiro atoms. The van der Waals surface area contributed by atoms with Crippen molar-refractivity contribution in [1.82, 2.24) is 14.3 Å². The van der Waals surface area contributed by atoms with Gasteiger partial charge in [-0.1, -0.05) is 24.3 Å². The van der Waals surface area contributed by atoms with E-state index in [4.69, 9.17) is 4.74 Å². The van der Waals surface area contributed by atoms with Crippen LogP contribution in [-0.4, -0.2) is 46.9 Å². The normalized spacial score (nSPS) is 17.8. The van der Waals surface area contributed by atoms with E-state index in [0.29, 0.717) is 24.9 Å². The Labute approximate surface area is 164 Å². The van der Waals surface area contributed by atoms with Crippen LogP contribution in [0.2, 0.25) is 0 Å². The van der Waals surface area contributed by atoms with Crippen molar-refractivity contribution in [3.8, 4) is 0 Å².